The molecule has 0 saturated heterocycles. The lowest BCUT2D eigenvalue weighted by molar-refractivity contribution is -0.137. The summed E-state index contributed by atoms with van der Waals surface area (Å²) >= 11 is 0. The number of carbonyl (C=O) groups is 2. The lowest BCUT2D eigenvalue weighted by atomic mass is 9.97. The van der Waals surface area contributed by atoms with E-state index in [0.29, 0.717) is 17.2 Å². The number of nitrogens with zero attached hydrogens (tertiary/aromatic N) is 2. The summed E-state index contributed by atoms with van der Waals surface area (Å²) in [6.07, 6.45) is 3.32. The number of hydrogen-bond acceptors (Lipinski definition) is 4. The van der Waals surface area contributed by atoms with Gasteiger partial charge in [-0.3, -0.25) is 19.5 Å². The Bertz CT molecular complexity index is 1200. The summed E-state index contributed by atoms with van der Waals surface area (Å²) in [5.74, 6) is -0.200. The van der Waals surface area contributed by atoms with Crippen molar-refractivity contribution in [1.82, 2.24) is 9.88 Å². The Morgan fingerprint density at radius 1 is 0.906 bits per heavy atom. The smallest absolute Gasteiger partial charge is 0.278 e. The van der Waals surface area contributed by atoms with E-state index in [1.54, 1.807) is 12.4 Å². The lowest BCUT2D eigenvalue weighted by Crippen LogP contribution is -2.32. The Hall–Kier alpha value is -3.73. The first-order valence-corrected chi connectivity index (χ1v) is 10.8. The molecule has 1 N–H and O–H groups in total. The topological polar surface area (TPSA) is 62.3 Å². The second-order valence-electron chi connectivity index (χ2n) is 8.52. The maximum absolute atomic E-state index is 13.5. The van der Waals surface area contributed by atoms with Crippen molar-refractivity contribution in [1.29, 1.82) is 0 Å². The molecule has 3 aromatic rings. The predicted octanol–water partition coefficient (Wildman–Crippen LogP) is 5.21. The molecule has 1 aromatic heterocycles. The minimum Gasteiger partial charge on any atom is -0.350 e. The monoisotopic (exact) mass is 425 g/mol. The van der Waals surface area contributed by atoms with Gasteiger partial charge in [0.15, 0.2) is 0 Å². The molecule has 1 aliphatic heterocycles. The molecule has 0 bridgehead atoms. The van der Waals surface area contributed by atoms with Crippen LogP contribution in [0.25, 0.3) is 5.57 Å². The van der Waals surface area contributed by atoms with Crippen LogP contribution in [-0.4, -0.2) is 21.7 Å². The van der Waals surface area contributed by atoms with Crippen LogP contribution < -0.4 is 5.32 Å². The number of rotatable bonds is 6. The number of anilines is 1. The largest absolute Gasteiger partial charge is 0.350 e. The SMILES string of the molecule is Cc1ccc(C2=C(Nc3ccc(C(C)C)cc3)C(=O)N(Cc3ccncc3)C2=O)c(C)c1. The molecule has 1 aliphatic rings. The first-order valence-electron chi connectivity index (χ1n) is 10.8. The van der Waals surface area contributed by atoms with E-state index in [4.69, 9.17) is 0 Å². The molecule has 0 unspecified atom stereocenters. The summed E-state index contributed by atoms with van der Waals surface area (Å²) in [5.41, 5.74) is 6.41. The van der Waals surface area contributed by atoms with Gasteiger partial charge in [0, 0.05) is 18.1 Å². The number of nitrogens with one attached hydrogen (secondary N) is 1. The first-order chi connectivity index (χ1) is 15.3. The highest BCUT2D eigenvalue weighted by Gasteiger charge is 2.39. The third-order valence-electron chi connectivity index (χ3n) is 5.76. The number of aromatic nitrogens is 1. The van der Waals surface area contributed by atoms with Crippen LogP contribution in [0, 0.1) is 13.8 Å². The zero-order valence-electron chi connectivity index (χ0n) is 18.8. The van der Waals surface area contributed by atoms with Gasteiger partial charge in [-0.2, -0.15) is 0 Å². The van der Waals surface area contributed by atoms with E-state index in [1.807, 2.05) is 68.4 Å². The average Bonchev–Trinajstić information content (AvgIpc) is 2.99. The lowest BCUT2D eigenvalue weighted by Gasteiger charge is -2.15. The maximum Gasteiger partial charge on any atom is 0.278 e. The number of hydrogen-bond donors (Lipinski definition) is 1. The normalized spacial score (nSPS) is 14.0. The van der Waals surface area contributed by atoms with Crippen LogP contribution in [0.5, 0.6) is 0 Å². The summed E-state index contributed by atoms with van der Waals surface area (Å²) in [5, 5.41) is 3.25. The highest BCUT2D eigenvalue weighted by molar-refractivity contribution is 6.36. The summed E-state index contributed by atoms with van der Waals surface area (Å²) in [7, 11) is 0. The van der Waals surface area contributed by atoms with Crippen LogP contribution in [0.2, 0.25) is 0 Å². The summed E-state index contributed by atoms with van der Waals surface area (Å²) in [6, 6.07) is 17.5. The number of carbonyl (C=O) groups excluding carboxylic acids is 2. The van der Waals surface area contributed by atoms with Gasteiger partial charge >= 0.3 is 0 Å². The Morgan fingerprint density at radius 3 is 2.22 bits per heavy atom. The van der Waals surface area contributed by atoms with E-state index in [2.05, 4.69) is 24.1 Å². The van der Waals surface area contributed by atoms with Gasteiger partial charge in [-0.25, -0.2) is 0 Å². The van der Waals surface area contributed by atoms with Gasteiger partial charge in [-0.15, -0.1) is 0 Å². The third kappa shape index (κ3) is 4.19. The van der Waals surface area contributed by atoms with Crippen LogP contribution >= 0.6 is 0 Å². The highest BCUT2D eigenvalue weighted by Crippen LogP contribution is 2.33. The van der Waals surface area contributed by atoms with Crippen molar-refractivity contribution in [2.24, 2.45) is 0 Å². The Kier molecular flexibility index (Phi) is 5.91. The zero-order chi connectivity index (χ0) is 22.8. The van der Waals surface area contributed by atoms with Crippen molar-refractivity contribution >= 4 is 23.1 Å². The van der Waals surface area contributed by atoms with Gasteiger partial charge in [0.25, 0.3) is 11.8 Å². The molecular weight excluding hydrogens is 398 g/mol. The van der Waals surface area contributed by atoms with Crippen LogP contribution in [-0.2, 0) is 16.1 Å². The van der Waals surface area contributed by atoms with E-state index in [-0.39, 0.29) is 18.4 Å². The molecule has 0 radical (unpaired) electrons. The molecule has 2 aromatic carbocycles. The van der Waals surface area contributed by atoms with Crippen molar-refractivity contribution in [3.63, 3.8) is 0 Å². The van der Waals surface area contributed by atoms with Gasteiger partial charge < -0.3 is 5.32 Å². The molecule has 162 valence electrons. The van der Waals surface area contributed by atoms with Crippen LogP contribution in [0.3, 0.4) is 0 Å². The van der Waals surface area contributed by atoms with Crippen LogP contribution in [0.4, 0.5) is 5.69 Å². The minimum atomic E-state index is -0.324. The number of benzene rings is 2. The third-order valence-corrected chi connectivity index (χ3v) is 5.76. The van der Waals surface area contributed by atoms with E-state index >= 15 is 0 Å². The molecule has 0 atom stereocenters. The molecule has 0 aliphatic carbocycles. The Morgan fingerprint density at radius 2 is 1.59 bits per heavy atom. The van der Waals surface area contributed by atoms with Crippen molar-refractivity contribution in [3.8, 4) is 0 Å². The van der Waals surface area contributed by atoms with Gasteiger partial charge in [0.1, 0.15) is 5.70 Å². The second kappa shape index (κ2) is 8.79. The molecule has 0 saturated carbocycles. The standard InChI is InChI=1S/C27H27N3O2/c1-17(2)21-6-8-22(9-7-21)29-25-24(23-10-5-18(3)15-19(23)4)26(31)30(27(25)32)16-20-11-13-28-14-12-20/h5-15,17,29H,16H2,1-4H3. The van der Waals surface area contributed by atoms with E-state index in [9.17, 15) is 9.59 Å². The second-order valence-corrected chi connectivity index (χ2v) is 8.52. The average molecular weight is 426 g/mol. The van der Waals surface area contributed by atoms with E-state index in [1.165, 1.54) is 10.5 Å². The Labute approximate surface area is 188 Å². The fraction of sp³-hybridized carbons (Fsp3) is 0.222. The van der Waals surface area contributed by atoms with Crippen molar-refractivity contribution in [2.45, 2.75) is 40.2 Å². The molecule has 5 heteroatoms. The fourth-order valence-electron chi connectivity index (χ4n) is 3.95. The molecule has 0 spiro atoms. The minimum absolute atomic E-state index is 0.200. The highest BCUT2D eigenvalue weighted by atomic mass is 16.2. The summed E-state index contributed by atoms with van der Waals surface area (Å²) in [4.78, 5) is 32.2. The maximum atomic E-state index is 13.5. The number of imide groups is 1. The summed E-state index contributed by atoms with van der Waals surface area (Å²) < 4.78 is 0. The molecular formula is C27H27N3O2. The molecule has 2 heterocycles. The van der Waals surface area contributed by atoms with Crippen molar-refractivity contribution in [2.75, 3.05) is 5.32 Å². The summed E-state index contributed by atoms with van der Waals surface area (Å²) in [6.45, 7) is 8.45. The first kappa shape index (κ1) is 21.5. The van der Waals surface area contributed by atoms with E-state index in [0.717, 1.165) is 27.9 Å². The predicted molar refractivity (Wildman–Crippen MR) is 127 cm³/mol. The van der Waals surface area contributed by atoms with Crippen LogP contribution in [0.1, 0.15) is 47.6 Å². The Balaban J connectivity index is 1.75. The van der Waals surface area contributed by atoms with Gasteiger partial charge in [0.05, 0.1) is 12.1 Å². The molecule has 2 amide bonds. The number of amides is 2. The number of aryl methyl sites for hydroxylation is 2. The van der Waals surface area contributed by atoms with Gasteiger partial charge in [0.2, 0.25) is 0 Å². The van der Waals surface area contributed by atoms with Crippen molar-refractivity contribution < 1.29 is 9.59 Å². The van der Waals surface area contributed by atoms with Crippen LogP contribution in [0.15, 0.2) is 72.7 Å². The molecule has 4 rings (SSSR count). The quantitative estimate of drug-likeness (QED) is 0.551. The molecule has 0 fully saturated rings. The molecule has 32 heavy (non-hydrogen) atoms. The fourth-order valence-corrected chi connectivity index (χ4v) is 3.95. The van der Waals surface area contributed by atoms with Gasteiger partial charge in [-0.1, -0.05) is 49.7 Å². The number of pyridine rings is 1. The molecule has 5 nitrogen and oxygen atoms in total. The van der Waals surface area contributed by atoms with Gasteiger partial charge in [-0.05, 0) is 66.3 Å². The zero-order valence-corrected chi connectivity index (χ0v) is 18.8. The van der Waals surface area contributed by atoms with E-state index < -0.39 is 0 Å². The van der Waals surface area contributed by atoms with Crippen molar-refractivity contribution in [3.05, 3.63) is 101 Å².